The van der Waals surface area contributed by atoms with Crippen LogP contribution in [0.5, 0.6) is 0 Å². The molecule has 1 rings (SSSR count). The van der Waals surface area contributed by atoms with Gasteiger partial charge in [0, 0.05) is 7.11 Å². The summed E-state index contributed by atoms with van der Waals surface area (Å²) in [4.78, 5) is 19.6. The number of carboxylic acid groups (broad SMARTS) is 1. The number of pyridine rings is 1. The zero-order chi connectivity index (χ0) is 11.8. The average Bonchev–Trinajstić information content (AvgIpc) is 2.29. The molecule has 0 spiro atoms. The predicted octanol–water partition coefficient (Wildman–Crippen LogP) is 0.447. The zero-order valence-corrected chi connectivity index (χ0v) is 8.97. The highest BCUT2D eigenvalue weighted by atomic mass is 16.7. The van der Waals surface area contributed by atoms with Crippen LogP contribution < -0.4 is 5.48 Å². The highest BCUT2D eigenvalue weighted by Crippen LogP contribution is 1.99. The van der Waals surface area contributed by atoms with Crippen molar-refractivity contribution in [2.24, 2.45) is 0 Å². The van der Waals surface area contributed by atoms with Crippen molar-refractivity contribution >= 4 is 5.97 Å². The van der Waals surface area contributed by atoms with Gasteiger partial charge in [-0.15, -0.1) is 0 Å². The molecule has 1 aromatic heterocycles. The number of hydrogen-bond acceptors (Lipinski definition) is 5. The van der Waals surface area contributed by atoms with Gasteiger partial charge < -0.3 is 9.84 Å². The lowest BCUT2D eigenvalue weighted by Gasteiger charge is -2.05. The van der Waals surface area contributed by atoms with Crippen LogP contribution in [-0.4, -0.2) is 36.4 Å². The maximum atomic E-state index is 10.6. The summed E-state index contributed by atoms with van der Waals surface area (Å²) in [6.07, 6.45) is 0. The largest absolute Gasteiger partial charge is 0.477 e. The lowest BCUT2D eigenvalue weighted by molar-refractivity contribution is 0.00295. The molecule has 0 amide bonds. The molecule has 0 aliphatic carbocycles. The van der Waals surface area contributed by atoms with Crippen LogP contribution in [0.1, 0.15) is 16.2 Å². The number of aromatic carboxylic acids is 1. The first-order valence-electron chi connectivity index (χ1n) is 4.77. The number of aromatic nitrogens is 1. The third kappa shape index (κ3) is 4.35. The Morgan fingerprint density at radius 1 is 1.50 bits per heavy atom. The summed E-state index contributed by atoms with van der Waals surface area (Å²) in [6, 6.07) is 4.80. The van der Waals surface area contributed by atoms with Gasteiger partial charge in [-0.1, -0.05) is 6.07 Å². The lowest BCUT2D eigenvalue weighted by Crippen LogP contribution is -2.18. The van der Waals surface area contributed by atoms with Gasteiger partial charge in [0.05, 0.1) is 25.5 Å². The molecule has 88 valence electrons. The van der Waals surface area contributed by atoms with Crippen molar-refractivity contribution in [3.05, 3.63) is 29.6 Å². The first-order chi connectivity index (χ1) is 7.74. The van der Waals surface area contributed by atoms with Crippen LogP contribution in [0.15, 0.2) is 18.2 Å². The van der Waals surface area contributed by atoms with E-state index in [4.69, 9.17) is 14.7 Å². The molecule has 0 bridgehead atoms. The lowest BCUT2D eigenvalue weighted by atomic mass is 10.3. The van der Waals surface area contributed by atoms with E-state index in [9.17, 15) is 4.79 Å². The van der Waals surface area contributed by atoms with Crippen molar-refractivity contribution in [3.8, 4) is 0 Å². The van der Waals surface area contributed by atoms with E-state index in [-0.39, 0.29) is 5.69 Å². The molecular formula is C10H14N2O4. The van der Waals surface area contributed by atoms with Crippen molar-refractivity contribution in [2.45, 2.75) is 6.54 Å². The van der Waals surface area contributed by atoms with Crippen LogP contribution in [0.4, 0.5) is 0 Å². The second-order valence-corrected chi connectivity index (χ2v) is 2.98. The third-order valence-electron chi connectivity index (χ3n) is 1.77. The number of carbonyl (C=O) groups is 1. The molecule has 0 saturated carbocycles. The summed E-state index contributed by atoms with van der Waals surface area (Å²) in [5.74, 6) is -1.04. The van der Waals surface area contributed by atoms with Crippen molar-refractivity contribution in [1.29, 1.82) is 0 Å². The molecule has 0 aliphatic heterocycles. The van der Waals surface area contributed by atoms with Crippen LogP contribution in [0, 0.1) is 0 Å². The minimum absolute atomic E-state index is 0.0243. The number of carboxylic acids is 1. The molecule has 0 fully saturated rings. The second kappa shape index (κ2) is 6.89. The van der Waals surface area contributed by atoms with Gasteiger partial charge in [-0.25, -0.2) is 9.78 Å². The fourth-order valence-electron chi connectivity index (χ4n) is 1.02. The van der Waals surface area contributed by atoms with Crippen LogP contribution in [0.2, 0.25) is 0 Å². The minimum Gasteiger partial charge on any atom is -0.477 e. The van der Waals surface area contributed by atoms with Crippen LogP contribution in [0.3, 0.4) is 0 Å². The smallest absolute Gasteiger partial charge is 0.354 e. The van der Waals surface area contributed by atoms with E-state index in [1.54, 1.807) is 19.2 Å². The van der Waals surface area contributed by atoms with Crippen LogP contribution in [-0.2, 0) is 16.1 Å². The Bertz CT molecular complexity index is 343. The number of hydrogen-bond donors (Lipinski definition) is 2. The van der Waals surface area contributed by atoms with Gasteiger partial charge in [-0.3, -0.25) is 4.84 Å². The zero-order valence-electron chi connectivity index (χ0n) is 8.97. The highest BCUT2D eigenvalue weighted by Gasteiger charge is 2.04. The molecule has 0 atom stereocenters. The summed E-state index contributed by atoms with van der Waals surface area (Å²) in [7, 11) is 1.58. The quantitative estimate of drug-likeness (QED) is 0.519. The number of nitrogens with zero attached hydrogens (tertiary/aromatic N) is 1. The predicted molar refractivity (Wildman–Crippen MR) is 55.9 cm³/mol. The maximum Gasteiger partial charge on any atom is 0.354 e. The number of nitrogens with one attached hydrogen (secondary N) is 1. The first kappa shape index (κ1) is 12.6. The van der Waals surface area contributed by atoms with Gasteiger partial charge in [0.1, 0.15) is 5.69 Å². The maximum absolute atomic E-state index is 10.6. The number of rotatable bonds is 7. The number of methoxy groups -OCH3 is 1. The van der Waals surface area contributed by atoms with Crippen LogP contribution >= 0.6 is 0 Å². The van der Waals surface area contributed by atoms with Gasteiger partial charge in [0.25, 0.3) is 0 Å². The van der Waals surface area contributed by atoms with E-state index in [0.717, 1.165) is 0 Å². The third-order valence-corrected chi connectivity index (χ3v) is 1.77. The van der Waals surface area contributed by atoms with E-state index >= 15 is 0 Å². The summed E-state index contributed by atoms with van der Waals surface area (Å²) in [5.41, 5.74) is 3.30. The summed E-state index contributed by atoms with van der Waals surface area (Å²) in [5, 5.41) is 8.72. The van der Waals surface area contributed by atoms with Crippen molar-refractivity contribution in [2.75, 3.05) is 20.3 Å². The normalized spacial score (nSPS) is 10.3. The van der Waals surface area contributed by atoms with E-state index < -0.39 is 5.97 Å². The Hall–Kier alpha value is -1.50. The van der Waals surface area contributed by atoms with Crippen molar-refractivity contribution in [3.63, 3.8) is 0 Å². The van der Waals surface area contributed by atoms with Gasteiger partial charge in [0.2, 0.25) is 0 Å². The molecule has 0 aromatic carbocycles. The standard InChI is InChI=1S/C10H14N2O4/c1-15-5-6-16-11-7-8-3-2-4-9(12-8)10(13)14/h2-4,11H,5-7H2,1H3,(H,13,14). The second-order valence-electron chi connectivity index (χ2n) is 2.98. The van der Waals surface area contributed by atoms with E-state index in [1.807, 2.05) is 0 Å². The van der Waals surface area contributed by atoms with Crippen LogP contribution in [0.25, 0.3) is 0 Å². The fourth-order valence-corrected chi connectivity index (χ4v) is 1.02. The Morgan fingerprint density at radius 2 is 2.31 bits per heavy atom. The fraction of sp³-hybridized carbons (Fsp3) is 0.400. The summed E-state index contributed by atoms with van der Waals surface area (Å²) >= 11 is 0. The molecule has 16 heavy (non-hydrogen) atoms. The summed E-state index contributed by atoms with van der Waals surface area (Å²) < 4.78 is 4.79. The molecule has 1 aromatic rings. The molecular weight excluding hydrogens is 212 g/mol. The summed E-state index contributed by atoms with van der Waals surface area (Å²) in [6.45, 7) is 1.27. The first-order valence-corrected chi connectivity index (χ1v) is 4.77. The van der Waals surface area contributed by atoms with Gasteiger partial charge >= 0.3 is 5.97 Å². The average molecular weight is 226 g/mol. The molecule has 6 nitrogen and oxygen atoms in total. The Kier molecular flexibility index (Phi) is 5.41. The number of ether oxygens (including phenoxy) is 1. The molecule has 1 heterocycles. The minimum atomic E-state index is -1.04. The molecule has 2 N–H and O–H groups in total. The highest BCUT2D eigenvalue weighted by molar-refractivity contribution is 5.85. The van der Waals surface area contributed by atoms with Crippen molar-refractivity contribution in [1.82, 2.24) is 10.5 Å². The van der Waals surface area contributed by atoms with E-state index in [1.165, 1.54) is 6.07 Å². The topological polar surface area (TPSA) is 80.7 Å². The van der Waals surface area contributed by atoms with Gasteiger partial charge in [-0.2, -0.15) is 5.48 Å². The number of hydroxylamine groups is 1. The van der Waals surface area contributed by atoms with Crippen molar-refractivity contribution < 1.29 is 19.5 Å². The molecule has 0 saturated heterocycles. The monoisotopic (exact) mass is 226 g/mol. The molecule has 6 heteroatoms. The molecule has 0 unspecified atom stereocenters. The Morgan fingerprint density at radius 3 is 3.00 bits per heavy atom. The molecule has 0 radical (unpaired) electrons. The van der Waals surface area contributed by atoms with E-state index in [2.05, 4.69) is 10.5 Å². The van der Waals surface area contributed by atoms with Gasteiger partial charge in [-0.05, 0) is 12.1 Å². The molecule has 0 aliphatic rings. The Balaban J connectivity index is 2.36. The SMILES string of the molecule is COCCONCc1cccc(C(=O)O)n1. The van der Waals surface area contributed by atoms with E-state index in [0.29, 0.717) is 25.5 Å². The van der Waals surface area contributed by atoms with Gasteiger partial charge in [0.15, 0.2) is 0 Å². The Labute approximate surface area is 93.2 Å².